The van der Waals surface area contributed by atoms with Crippen molar-refractivity contribution in [3.05, 3.63) is 93.0 Å². The van der Waals surface area contributed by atoms with Gasteiger partial charge in [0.2, 0.25) is 0 Å². The number of nitro benzene ring substituents is 1. The number of halogens is 1. The van der Waals surface area contributed by atoms with Crippen LogP contribution in [-0.4, -0.2) is 33.8 Å². The number of carbonyl (C=O) groups is 1. The molecule has 0 aliphatic heterocycles. The molecule has 11 heteroatoms. The molecule has 8 nitrogen and oxygen atoms in total. The molecule has 0 saturated heterocycles. The fourth-order valence-corrected chi connectivity index (χ4v) is 6.22. The normalized spacial score (nSPS) is 11.6. The molecule has 168 valence electrons. The third kappa shape index (κ3) is 4.50. The summed E-state index contributed by atoms with van der Waals surface area (Å²) >= 11 is 6.84. The molecule has 0 spiro atoms. The number of hydrogen-bond acceptors (Lipinski definition) is 7. The number of benzene rings is 3. The van der Waals surface area contributed by atoms with Gasteiger partial charge in [0.05, 0.1) is 26.6 Å². The van der Waals surface area contributed by atoms with Crippen molar-refractivity contribution in [3.8, 4) is 0 Å². The Balaban J connectivity index is 1.78. The highest BCUT2D eigenvalue weighted by atomic mass is 35.5. The van der Waals surface area contributed by atoms with Crippen molar-refractivity contribution in [2.24, 2.45) is 0 Å². The third-order valence-corrected chi connectivity index (χ3v) is 8.04. The second kappa shape index (κ2) is 8.97. The summed E-state index contributed by atoms with van der Waals surface area (Å²) in [6.45, 7) is 1.56. The van der Waals surface area contributed by atoms with Gasteiger partial charge in [-0.3, -0.25) is 14.9 Å². The lowest BCUT2D eigenvalue weighted by molar-refractivity contribution is -0.385. The van der Waals surface area contributed by atoms with Crippen molar-refractivity contribution in [2.45, 2.75) is 17.0 Å². The van der Waals surface area contributed by atoms with Crippen LogP contribution in [0.3, 0.4) is 0 Å². The number of nitrogens with zero attached hydrogens (tertiary/aromatic N) is 3. The smallest absolute Gasteiger partial charge is 0.270 e. The van der Waals surface area contributed by atoms with Crippen molar-refractivity contribution in [1.29, 1.82) is 0 Å². The van der Waals surface area contributed by atoms with E-state index in [-0.39, 0.29) is 27.3 Å². The summed E-state index contributed by atoms with van der Waals surface area (Å²) < 4.78 is 28.4. The number of nitro groups is 1. The van der Waals surface area contributed by atoms with Crippen molar-refractivity contribution in [3.63, 3.8) is 0 Å². The molecule has 0 amide bonds. The highest BCUT2D eigenvalue weighted by molar-refractivity contribution is 8.00. The maximum absolute atomic E-state index is 13.7. The number of para-hydroxylation sites is 2. The molecule has 4 rings (SSSR count). The first-order valence-electron chi connectivity index (χ1n) is 9.58. The fraction of sp³-hybridized carbons (Fsp3) is 0.0909. The average Bonchev–Trinajstić information content (AvgIpc) is 3.17. The summed E-state index contributed by atoms with van der Waals surface area (Å²) in [5, 5.41) is 11.8. The number of Topliss-reactive ketones (excluding diaryl/α,β-unsaturated/α-hetero) is 1. The highest BCUT2D eigenvalue weighted by Gasteiger charge is 2.28. The Kier molecular flexibility index (Phi) is 6.24. The fourth-order valence-electron chi connectivity index (χ4n) is 3.23. The first-order valence-corrected chi connectivity index (χ1v) is 12.4. The van der Waals surface area contributed by atoms with Crippen molar-refractivity contribution >= 4 is 55.9 Å². The lowest BCUT2D eigenvalue weighted by Crippen LogP contribution is -2.16. The SMILES string of the molecule is Cc1ccc([N+](=O)[O-])cc1S(=O)(=O)n1c(SCC(=O)c2ccc(Cl)cc2)nc2ccccc21. The number of imidazole rings is 1. The van der Waals surface area contributed by atoms with Crippen LogP contribution < -0.4 is 0 Å². The second-order valence-electron chi connectivity index (χ2n) is 7.08. The number of thioether (sulfide) groups is 1. The molecule has 0 radical (unpaired) electrons. The van der Waals surface area contributed by atoms with Gasteiger partial charge in [-0.2, -0.15) is 0 Å². The molecule has 0 aliphatic carbocycles. The number of hydrogen-bond donors (Lipinski definition) is 0. The van der Waals surface area contributed by atoms with E-state index < -0.39 is 14.9 Å². The molecule has 0 bridgehead atoms. The van der Waals surface area contributed by atoms with E-state index >= 15 is 0 Å². The largest absolute Gasteiger partial charge is 0.293 e. The average molecular weight is 502 g/mol. The topological polar surface area (TPSA) is 112 Å². The quantitative estimate of drug-likeness (QED) is 0.149. The van der Waals surface area contributed by atoms with E-state index in [1.165, 1.54) is 12.1 Å². The molecule has 3 aromatic carbocycles. The van der Waals surface area contributed by atoms with Crippen LogP contribution in [0.1, 0.15) is 15.9 Å². The molecule has 0 saturated carbocycles. The summed E-state index contributed by atoms with van der Waals surface area (Å²) in [5.74, 6) is -0.284. The van der Waals surface area contributed by atoms with Crippen molar-refractivity contribution < 1.29 is 18.1 Å². The molecule has 0 aliphatic rings. The zero-order valence-electron chi connectivity index (χ0n) is 17.1. The minimum Gasteiger partial charge on any atom is -0.293 e. The van der Waals surface area contributed by atoms with Crippen molar-refractivity contribution in [1.82, 2.24) is 8.96 Å². The van der Waals surface area contributed by atoms with Crippen LogP contribution >= 0.6 is 23.4 Å². The Labute approximate surface area is 198 Å². The summed E-state index contributed by atoms with van der Waals surface area (Å²) in [7, 11) is -4.26. The van der Waals surface area contributed by atoms with Gasteiger partial charge in [-0.25, -0.2) is 17.4 Å². The Bertz CT molecular complexity index is 1500. The molecular weight excluding hydrogens is 486 g/mol. The van der Waals surface area contributed by atoms with Crippen LogP contribution in [0.4, 0.5) is 5.69 Å². The lowest BCUT2D eigenvalue weighted by Gasteiger charge is -2.12. The van der Waals surface area contributed by atoms with E-state index in [4.69, 9.17) is 11.6 Å². The predicted molar refractivity (Wildman–Crippen MR) is 127 cm³/mol. The minimum atomic E-state index is -4.26. The van der Waals surface area contributed by atoms with Gasteiger partial charge in [-0.15, -0.1) is 0 Å². The molecular formula is C22H16ClN3O5S2. The van der Waals surface area contributed by atoms with E-state index in [0.717, 1.165) is 21.8 Å². The van der Waals surface area contributed by atoms with Crippen LogP contribution in [-0.2, 0) is 10.0 Å². The van der Waals surface area contributed by atoms with E-state index in [1.807, 2.05) is 0 Å². The zero-order chi connectivity index (χ0) is 23.8. The van der Waals surface area contributed by atoms with E-state index in [0.29, 0.717) is 27.2 Å². The van der Waals surface area contributed by atoms with Gasteiger partial charge in [-0.05, 0) is 48.9 Å². The van der Waals surface area contributed by atoms with E-state index in [2.05, 4.69) is 4.98 Å². The third-order valence-electron chi connectivity index (χ3n) is 4.89. The summed E-state index contributed by atoms with van der Waals surface area (Å²) in [6.07, 6.45) is 0. The lowest BCUT2D eigenvalue weighted by atomic mass is 10.1. The van der Waals surface area contributed by atoms with Crippen molar-refractivity contribution in [2.75, 3.05) is 5.75 Å². The minimum absolute atomic E-state index is 0.0611. The van der Waals surface area contributed by atoms with Gasteiger partial charge in [-0.1, -0.05) is 41.6 Å². The Hall–Kier alpha value is -3.21. The Morgan fingerprint density at radius 2 is 1.82 bits per heavy atom. The van der Waals surface area contributed by atoms with Gasteiger partial charge >= 0.3 is 0 Å². The van der Waals surface area contributed by atoms with Gasteiger partial charge in [0.1, 0.15) is 0 Å². The number of aryl methyl sites for hydroxylation is 1. The maximum Gasteiger partial charge on any atom is 0.270 e. The number of rotatable bonds is 7. The first kappa shape index (κ1) is 23.0. The number of carbonyl (C=O) groups excluding carboxylic acids is 1. The maximum atomic E-state index is 13.7. The second-order valence-corrected chi connectivity index (χ2v) is 10.2. The van der Waals surface area contributed by atoms with Gasteiger partial charge in [0.15, 0.2) is 10.9 Å². The Morgan fingerprint density at radius 3 is 2.52 bits per heavy atom. The van der Waals surface area contributed by atoms with Crippen LogP contribution in [0.2, 0.25) is 5.02 Å². The molecule has 4 aromatic rings. The molecule has 1 heterocycles. The van der Waals surface area contributed by atoms with E-state index in [9.17, 15) is 23.3 Å². The molecule has 33 heavy (non-hydrogen) atoms. The number of non-ortho nitro benzene ring substituents is 1. The number of aromatic nitrogens is 2. The highest BCUT2D eigenvalue weighted by Crippen LogP contribution is 2.32. The van der Waals surface area contributed by atoms with Crippen LogP contribution in [0.15, 0.2) is 76.8 Å². The van der Waals surface area contributed by atoms with Gasteiger partial charge < -0.3 is 0 Å². The predicted octanol–water partition coefficient (Wildman–Crippen LogP) is 5.12. The number of fused-ring (bicyclic) bond motifs is 1. The summed E-state index contributed by atoms with van der Waals surface area (Å²) in [5.41, 5.74) is 1.18. The molecule has 0 fully saturated rings. The van der Waals surface area contributed by atoms with Crippen LogP contribution in [0.25, 0.3) is 11.0 Å². The van der Waals surface area contributed by atoms with Gasteiger partial charge in [0, 0.05) is 22.7 Å². The Morgan fingerprint density at radius 1 is 1.12 bits per heavy atom. The standard InChI is InChI=1S/C22H16ClN3O5S2/c1-14-6-11-17(26(28)29)12-21(14)33(30,31)25-19-5-3-2-4-18(19)24-22(25)32-13-20(27)15-7-9-16(23)10-8-15/h2-12H,13H2,1H3. The monoisotopic (exact) mass is 501 g/mol. The van der Waals surface area contributed by atoms with Crippen LogP contribution in [0, 0.1) is 17.0 Å². The van der Waals surface area contributed by atoms with Crippen LogP contribution in [0.5, 0.6) is 0 Å². The number of ketones is 1. The first-order chi connectivity index (χ1) is 15.7. The molecule has 0 unspecified atom stereocenters. The van der Waals surface area contributed by atoms with E-state index in [1.54, 1.807) is 55.5 Å². The van der Waals surface area contributed by atoms with Gasteiger partial charge in [0.25, 0.3) is 15.7 Å². The molecule has 0 N–H and O–H groups in total. The zero-order valence-corrected chi connectivity index (χ0v) is 19.5. The molecule has 0 atom stereocenters. The summed E-state index contributed by atoms with van der Waals surface area (Å²) in [6, 6.07) is 16.7. The summed E-state index contributed by atoms with van der Waals surface area (Å²) in [4.78, 5) is 27.4. The molecule has 1 aromatic heterocycles.